The number of Topliss-reactive ketones (excluding diaryl/α,β-unsaturated/α-hetero) is 1. The van der Waals surface area contributed by atoms with Crippen LogP contribution in [0.5, 0.6) is 0 Å². The van der Waals surface area contributed by atoms with E-state index in [2.05, 4.69) is 6.58 Å². The molecular formula is C13H18O. The molecule has 1 fully saturated rings. The molecule has 0 radical (unpaired) electrons. The molecule has 0 heterocycles. The van der Waals surface area contributed by atoms with Crippen LogP contribution in [0.4, 0.5) is 0 Å². The van der Waals surface area contributed by atoms with E-state index in [1.807, 2.05) is 6.08 Å². The molecule has 0 bridgehead atoms. The summed E-state index contributed by atoms with van der Waals surface area (Å²) in [6.07, 6.45) is 9.65. The average Bonchev–Trinajstić information content (AvgIpc) is 2.23. The Morgan fingerprint density at radius 1 is 1.29 bits per heavy atom. The van der Waals surface area contributed by atoms with Crippen molar-refractivity contribution in [1.29, 1.82) is 0 Å². The number of ketones is 1. The first kappa shape index (κ1) is 9.70. The Morgan fingerprint density at radius 3 is 2.93 bits per heavy atom. The summed E-state index contributed by atoms with van der Waals surface area (Å²) in [6.45, 7) is 3.74. The molecule has 76 valence electrons. The minimum atomic E-state index is 0.387. The van der Waals surface area contributed by atoms with Crippen LogP contribution in [0.1, 0.15) is 44.9 Å². The van der Waals surface area contributed by atoms with Crippen LogP contribution in [-0.4, -0.2) is 5.78 Å². The van der Waals surface area contributed by atoms with Gasteiger partial charge in [-0.1, -0.05) is 18.1 Å². The summed E-state index contributed by atoms with van der Waals surface area (Å²) < 4.78 is 0. The van der Waals surface area contributed by atoms with Gasteiger partial charge in [0, 0.05) is 6.42 Å². The second-order valence-corrected chi connectivity index (χ2v) is 4.40. The van der Waals surface area contributed by atoms with E-state index in [0.717, 1.165) is 30.8 Å². The third-order valence-electron chi connectivity index (χ3n) is 3.53. The predicted molar refractivity (Wildman–Crippen MR) is 58.0 cm³/mol. The fourth-order valence-corrected chi connectivity index (χ4v) is 2.82. The van der Waals surface area contributed by atoms with Gasteiger partial charge < -0.3 is 0 Å². The number of rotatable bonds is 2. The Balaban J connectivity index is 2.29. The van der Waals surface area contributed by atoms with Crippen molar-refractivity contribution < 1.29 is 4.79 Å². The highest BCUT2D eigenvalue weighted by atomic mass is 16.1. The van der Waals surface area contributed by atoms with E-state index in [-0.39, 0.29) is 0 Å². The monoisotopic (exact) mass is 190 g/mol. The number of carbonyl (C=O) groups excluding carboxylic acids is 1. The molecule has 0 amide bonds. The lowest BCUT2D eigenvalue weighted by Crippen LogP contribution is -2.22. The normalized spacial score (nSPS) is 27.4. The molecule has 0 N–H and O–H groups in total. The maximum Gasteiger partial charge on any atom is 0.159 e. The molecule has 1 saturated carbocycles. The van der Waals surface area contributed by atoms with Crippen molar-refractivity contribution in [3.8, 4) is 0 Å². The molecule has 2 rings (SSSR count). The van der Waals surface area contributed by atoms with E-state index in [0.29, 0.717) is 5.78 Å². The van der Waals surface area contributed by atoms with Crippen molar-refractivity contribution >= 4 is 5.78 Å². The van der Waals surface area contributed by atoms with Gasteiger partial charge in [0.15, 0.2) is 5.78 Å². The molecule has 0 aromatic carbocycles. The first-order valence-corrected chi connectivity index (χ1v) is 5.69. The van der Waals surface area contributed by atoms with E-state index >= 15 is 0 Å². The Bertz CT molecular complexity index is 286. The van der Waals surface area contributed by atoms with E-state index in [1.165, 1.54) is 31.3 Å². The first-order valence-electron chi connectivity index (χ1n) is 5.69. The molecule has 0 saturated heterocycles. The van der Waals surface area contributed by atoms with Crippen molar-refractivity contribution in [3.05, 3.63) is 23.8 Å². The predicted octanol–water partition coefficient (Wildman–Crippen LogP) is 3.41. The third-order valence-corrected chi connectivity index (χ3v) is 3.53. The molecular weight excluding hydrogens is 172 g/mol. The van der Waals surface area contributed by atoms with Gasteiger partial charge in [-0.2, -0.15) is 0 Å². The summed E-state index contributed by atoms with van der Waals surface area (Å²) in [4.78, 5) is 11.7. The SMILES string of the molecule is C=CCC1=C2CCCC[C@H]2CCC1=O. The lowest BCUT2D eigenvalue weighted by molar-refractivity contribution is -0.116. The highest BCUT2D eigenvalue weighted by molar-refractivity contribution is 5.97. The highest BCUT2D eigenvalue weighted by Crippen LogP contribution is 2.39. The first-order chi connectivity index (χ1) is 6.83. The zero-order valence-electron chi connectivity index (χ0n) is 8.72. The molecule has 0 aromatic heterocycles. The summed E-state index contributed by atoms with van der Waals surface area (Å²) >= 11 is 0. The van der Waals surface area contributed by atoms with Crippen LogP contribution < -0.4 is 0 Å². The molecule has 1 nitrogen and oxygen atoms in total. The van der Waals surface area contributed by atoms with E-state index < -0.39 is 0 Å². The van der Waals surface area contributed by atoms with Crippen LogP contribution in [0.2, 0.25) is 0 Å². The van der Waals surface area contributed by atoms with Crippen LogP contribution >= 0.6 is 0 Å². The van der Waals surface area contributed by atoms with E-state index in [4.69, 9.17) is 0 Å². The highest BCUT2D eigenvalue weighted by Gasteiger charge is 2.28. The zero-order valence-corrected chi connectivity index (χ0v) is 8.72. The summed E-state index contributed by atoms with van der Waals surface area (Å²) in [5.41, 5.74) is 2.59. The molecule has 1 heteroatoms. The van der Waals surface area contributed by atoms with Gasteiger partial charge in [0.1, 0.15) is 0 Å². The van der Waals surface area contributed by atoms with E-state index in [1.54, 1.807) is 0 Å². The zero-order chi connectivity index (χ0) is 9.97. The van der Waals surface area contributed by atoms with Crippen molar-refractivity contribution in [2.24, 2.45) is 5.92 Å². The summed E-state index contributed by atoms with van der Waals surface area (Å²) in [6, 6.07) is 0. The van der Waals surface area contributed by atoms with Crippen LogP contribution in [0.3, 0.4) is 0 Å². The maximum atomic E-state index is 11.7. The largest absolute Gasteiger partial charge is 0.295 e. The number of carbonyl (C=O) groups is 1. The Hall–Kier alpha value is -0.850. The number of allylic oxidation sites excluding steroid dienone is 3. The molecule has 0 aliphatic heterocycles. The van der Waals surface area contributed by atoms with Crippen LogP contribution in [0, 0.1) is 5.92 Å². The van der Waals surface area contributed by atoms with Crippen molar-refractivity contribution in [2.45, 2.75) is 44.9 Å². The van der Waals surface area contributed by atoms with Gasteiger partial charge in [-0.3, -0.25) is 4.79 Å². The van der Waals surface area contributed by atoms with Crippen molar-refractivity contribution in [2.75, 3.05) is 0 Å². The lowest BCUT2D eigenvalue weighted by atomic mass is 9.73. The average molecular weight is 190 g/mol. The number of fused-ring (bicyclic) bond motifs is 1. The quantitative estimate of drug-likeness (QED) is 0.610. The molecule has 14 heavy (non-hydrogen) atoms. The fourth-order valence-electron chi connectivity index (χ4n) is 2.82. The Labute approximate surface area is 85.9 Å². The molecule has 1 atom stereocenters. The van der Waals surface area contributed by atoms with Gasteiger partial charge in [0.05, 0.1) is 0 Å². The third kappa shape index (κ3) is 1.68. The van der Waals surface area contributed by atoms with Crippen LogP contribution in [-0.2, 0) is 4.79 Å². The Kier molecular flexibility index (Phi) is 2.85. The lowest BCUT2D eigenvalue weighted by Gasteiger charge is -2.31. The minimum absolute atomic E-state index is 0.387. The standard InChI is InChI=1S/C13H18O/c1-2-5-12-11-7-4-3-6-10(11)8-9-13(12)14/h2,10H,1,3-9H2/t10-/m0/s1. The molecule has 0 unspecified atom stereocenters. The molecule has 0 spiro atoms. The minimum Gasteiger partial charge on any atom is -0.295 e. The second-order valence-electron chi connectivity index (χ2n) is 4.40. The van der Waals surface area contributed by atoms with Gasteiger partial charge in [0.2, 0.25) is 0 Å². The smallest absolute Gasteiger partial charge is 0.159 e. The van der Waals surface area contributed by atoms with Gasteiger partial charge in [0.25, 0.3) is 0 Å². The van der Waals surface area contributed by atoms with Gasteiger partial charge >= 0.3 is 0 Å². The van der Waals surface area contributed by atoms with Crippen LogP contribution in [0.25, 0.3) is 0 Å². The summed E-state index contributed by atoms with van der Waals surface area (Å²) in [5.74, 6) is 1.12. The Morgan fingerprint density at radius 2 is 2.14 bits per heavy atom. The van der Waals surface area contributed by atoms with Crippen molar-refractivity contribution in [1.82, 2.24) is 0 Å². The fraction of sp³-hybridized carbons (Fsp3) is 0.615. The van der Waals surface area contributed by atoms with Crippen molar-refractivity contribution in [3.63, 3.8) is 0 Å². The summed E-state index contributed by atoms with van der Waals surface area (Å²) in [7, 11) is 0. The van der Waals surface area contributed by atoms with Gasteiger partial charge in [-0.05, 0) is 43.6 Å². The maximum absolute atomic E-state index is 11.7. The number of hydrogen-bond donors (Lipinski definition) is 0. The number of hydrogen-bond acceptors (Lipinski definition) is 1. The van der Waals surface area contributed by atoms with E-state index in [9.17, 15) is 4.79 Å². The second kappa shape index (κ2) is 4.12. The van der Waals surface area contributed by atoms with Gasteiger partial charge in [-0.25, -0.2) is 0 Å². The molecule has 2 aliphatic rings. The molecule has 2 aliphatic carbocycles. The molecule has 0 aromatic rings. The van der Waals surface area contributed by atoms with Gasteiger partial charge in [-0.15, -0.1) is 6.58 Å². The summed E-state index contributed by atoms with van der Waals surface area (Å²) in [5, 5.41) is 0. The topological polar surface area (TPSA) is 17.1 Å². The van der Waals surface area contributed by atoms with Crippen LogP contribution in [0.15, 0.2) is 23.8 Å².